The lowest BCUT2D eigenvalue weighted by atomic mass is 9.76. The van der Waals surface area contributed by atoms with Crippen molar-refractivity contribution in [3.05, 3.63) is 0 Å². The number of carbonyl (C=O) groups excluding carboxylic acids is 2. The monoisotopic (exact) mass is 225 g/mol. The molecule has 0 radical (unpaired) electrons. The highest BCUT2D eigenvalue weighted by molar-refractivity contribution is 5.99. The summed E-state index contributed by atoms with van der Waals surface area (Å²) in [6.45, 7) is 5.44. The van der Waals surface area contributed by atoms with Gasteiger partial charge < -0.3 is 4.74 Å². The van der Waals surface area contributed by atoms with E-state index < -0.39 is 11.7 Å². The van der Waals surface area contributed by atoms with Crippen LogP contribution in [0.3, 0.4) is 0 Å². The molecule has 1 saturated heterocycles. The molecular weight excluding hydrogens is 206 g/mol. The number of fused-ring (bicyclic) bond motifs is 1. The van der Waals surface area contributed by atoms with Gasteiger partial charge >= 0.3 is 6.09 Å². The van der Waals surface area contributed by atoms with Crippen molar-refractivity contribution in [3.63, 3.8) is 0 Å². The average molecular weight is 225 g/mol. The molecule has 0 bridgehead atoms. The molecule has 2 aliphatic rings. The van der Waals surface area contributed by atoms with E-state index in [1.807, 2.05) is 20.8 Å². The van der Waals surface area contributed by atoms with Gasteiger partial charge in [0.15, 0.2) is 0 Å². The zero-order valence-corrected chi connectivity index (χ0v) is 10.2. The Morgan fingerprint density at radius 3 is 2.56 bits per heavy atom. The van der Waals surface area contributed by atoms with Crippen molar-refractivity contribution in [2.45, 2.75) is 58.1 Å². The normalized spacial score (nSPS) is 29.4. The molecule has 4 nitrogen and oxygen atoms in total. The second kappa shape index (κ2) is 3.75. The summed E-state index contributed by atoms with van der Waals surface area (Å²) in [7, 11) is 0. The lowest BCUT2D eigenvalue weighted by Crippen LogP contribution is -2.64. The Morgan fingerprint density at radius 2 is 1.94 bits per heavy atom. The first kappa shape index (κ1) is 11.4. The van der Waals surface area contributed by atoms with Crippen LogP contribution in [0.5, 0.6) is 0 Å². The van der Waals surface area contributed by atoms with Crippen LogP contribution in [0.15, 0.2) is 0 Å². The third kappa shape index (κ3) is 1.93. The second-order valence-electron chi connectivity index (χ2n) is 5.65. The second-order valence-corrected chi connectivity index (χ2v) is 5.65. The summed E-state index contributed by atoms with van der Waals surface area (Å²) in [4.78, 5) is 24.9. The Bertz CT molecular complexity index is 319. The Kier molecular flexibility index (Phi) is 2.68. The van der Waals surface area contributed by atoms with Crippen LogP contribution in [0.1, 0.15) is 46.5 Å². The van der Waals surface area contributed by atoms with Gasteiger partial charge in [0.05, 0.1) is 12.0 Å². The van der Waals surface area contributed by atoms with Gasteiger partial charge in [-0.05, 0) is 33.6 Å². The third-order valence-corrected chi connectivity index (χ3v) is 3.21. The van der Waals surface area contributed by atoms with Gasteiger partial charge in [-0.15, -0.1) is 0 Å². The average Bonchev–Trinajstić information content (AvgIpc) is 2.14. The van der Waals surface area contributed by atoms with Gasteiger partial charge in [0.1, 0.15) is 5.60 Å². The Morgan fingerprint density at radius 1 is 1.31 bits per heavy atom. The van der Waals surface area contributed by atoms with Crippen LogP contribution in [-0.4, -0.2) is 28.5 Å². The molecule has 0 spiro atoms. The van der Waals surface area contributed by atoms with Crippen LogP contribution < -0.4 is 0 Å². The van der Waals surface area contributed by atoms with E-state index in [1.165, 1.54) is 4.90 Å². The summed E-state index contributed by atoms with van der Waals surface area (Å²) in [5, 5.41) is 0. The van der Waals surface area contributed by atoms with E-state index >= 15 is 0 Å². The smallest absolute Gasteiger partial charge is 0.417 e. The minimum atomic E-state index is -0.531. The molecule has 0 aromatic rings. The molecule has 1 aliphatic heterocycles. The summed E-state index contributed by atoms with van der Waals surface area (Å²) < 4.78 is 5.23. The fourth-order valence-electron chi connectivity index (χ4n) is 2.50. The van der Waals surface area contributed by atoms with Crippen LogP contribution in [0.25, 0.3) is 0 Å². The summed E-state index contributed by atoms with van der Waals surface area (Å²) in [5.74, 6) is 0.0419. The molecule has 90 valence electrons. The van der Waals surface area contributed by atoms with Crippen LogP contribution in [-0.2, 0) is 9.53 Å². The van der Waals surface area contributed by atoms with Crippen LogP contribution >= 0.6 is 0 Å². The van der Waals surface area contributed by atoms with Gasteiger partial charge in [-0.3, -0.25) is 4.79 Å². The highest BCUT2D eigenvalue weighted by atomic mass is 16.6. The third-order valence-electron chi connectivity index (χ3n) is 3.21. The maximum atomic E-state index is 11.8. The zero-order chi connectivity index (χ0) is 11.9. The number of hydrogen-bond acceptors (Lipinski definition) is 3. The summed E-state index contributed by atoms with van der Waals surface area (Å²) in [5.41, 5.74) is -0.531. The molecule has 2 fully saturated rings. The number of imide groups is 1. The number of nitrogens with zero attached hydrogens (tertiary/aromatic N) is 1. The number of rotatable bonds is 0. The highest BCUT2D eigenvalue weighted by Gasteiger charge is 2.52. The Balaban J connectivity index is 2.00. The van der Waals surface area contributed by atoms with Gasteiger partial charge in [0, 0.05) is 0 Å². The largest absolute Gasteiger partial charge is 0.443 e. The van der Waals surface area contributed by atoms with Crippen molar-refractivity contribution < 1.29 is 14.3 Å². The predicted molar refractivity (Wildman–Crippen MR) is 58.8 cm³/mol. The molecule has 1 heterocycles. The van der Waals surface area contributed by atoms with Crippen molar-refractivity contribution in [1.29, 1.82) is 0 Å². The Hall–Kier alpha value is -1.06. The molecule has 16 heavy (non-hydrogen) atoms. The van der Waals surface area contributed by atoms with Crippen molar-refractivity contribution >= 4 is 12.0 Å². The lowest BCUT2D eigenvalue weighted by Gasteiger charge is -2.48. The van der Waals surface area contributed by atoms with Gasteiger partial charge in [0.2, 0.25) is 5.91 Å². The van der Waals surface area contributed by atoms with E-state index in [4.69, 9.17) is 4.74 Å². The lowest BCUT2D eigenvalue weighted by molar-refractivity contribution is -0.156. The van der Waals surface area contributed by atoms with Crippen molar-refractivity contribution in [3.8, 4) is 0 Å². The maximum Gasteiger partial charge on any atom is 0.417 e. The molecule has 2 rings (SSSR count). The van der Waals surface area contributed by atoms with E-state index in [1.54, 1.807) is 0 Å². The molecule has 2 atom stereocenters. The molecule has 4 heteroatoms. The van der Waals surface area contributed by atoms with Crippen molar-refractivity contribution in [2.75, 3.05) is 0 Å². The maximum absolute atomic E-state index is 11.8. The number of carbonyl (C=O) groups is 2. The SMILES string of the molecule is CC(C)(C)OC(=O)N1C(=O)C2CCCCC21. The minimum Gasteiger partial charge on any atom is -0.443 e. The summed E-state index contributed by atoms with van der Waals surface area (Å²) in [6.07, 6.45) is 3.61. The van der Waals surface area contributed by atoms with E-state index in [-0.39, 0.29) is 17.9 Å². The van der Waals surface area contributed by atoms with Gasteiger partial charge in [0.25, 0.3) is 0 Å². The summed E-state index contributed by atoms with van der Waals surface area (Å²) in [6, 6.07) is 0.107. The first-order valence-corrected chi connectivity index (χ1v) is 5.96. The quantitative estimate of drug-likeness (QED) is 0.594. The standard InChI is InChI=1S/C12H19NO3/c1-12(2,3)16-11(15)13-9-7-5-4-6-8(9)10(13)14/h8-9H,4-7H2,1-3H3. The molecule has 2 unspecified atom stereocenters. The number of β-lactam (4-membered cyclic amide) rings is 1. The molecule has 0 aromatic carbocycles. The zero-order valence-electron chi connectivity index (χ0n) is 10.2. The number of hydrogen-bond donors (Lipinski definition) is 0. The van der Waals surface area contributed by atoms with Gasteiger partial charge in [-0.2, -0.15) is 0 Å². The van der Waals surface area contributed by atoms with E-state index in [2.05, 4.69) is 0 Å². The number of ether oxygens (including phenoxy) is 1. The molecule has 1 aliphatic carbocycles. The van der Waals surface area contributed by atoms with E-state index in [9.17, 15) is 9.59 Å². The van der Waals surface area contributed by atoms with Crippen LogP contribution in [0.2, 0.25) is 0 Å². The fourth-order valence-corrected chi connectivity index (χ4v) is 2.50. The first-order valence-electron chi connectivity index (χ1n) is 5.96. The highest BCUT2D eigenvalue weighted by Crippen LogP contribution is 2.39. The fraction of sp³-hybridized carbons (Fsp3) is 0.833. The van der Waals surface area contributed by atoms with Crippen molar-refractivity contribution in [2.24, 2.45) is 5.92 Å². The van der Waals surface area contributed by atoms with Gasteiger partial charge in [-0.1, -0.05) is 12.8 Å². The molecule has 2 amide bonds. The predicted octanol–water partition coefficient (Wildman–Crippen LogP) is 2.32. The van der Waals surface area contributed by atoms with Crippen molar-refractivity contribution in [1.82, 2.24) is 4.90 Å². The molecule has 1 saturated carbocycles. The minimum absolute atomic E-state index is 0.0426. The van der Waals surface area contributed by atoms with E-state index in [0.717, 1.165) is 25.7 Å². The number of likely N-dealkylation sites (tertiary alicyclic amines) is 1. The summed E-state index contributed by atoms with van der Waals surface area (Å²) >= 11 is 0. The first-order chi connectivity index (χ1) is 7.40. The number of amides is 2. The van der Waals surface area contributed by atoms with E-state index in [0.29, 0.717) is 0 Å². The Labute approximate surface area is 95.9 Å². The molecular formula is C12H19NO3. The van der Waals surface area contributed by atoms with Crippen LogP contribution in [0, 0.1) is 5.92 Å². The molecule has 0 aromatic heterocycles. The van der Waals surface area contributed by atoms with Gasteiger partial charge in [-0.25, -0.2) is 9.69 Å². The molecule has 0 N–H and O–H groups in total. The topological polar surface area (TPSA) is 46.6 Å². The van der Waals surface area contributed by atoms with Crippen LogP contribution in [0.4, 0.5) is 4.79 Å².